The first kappa shape index (κ1) is 16.2. The predicted octanol–water partition coefficient (Wildman–Crippen LogP) is 2.77. The van der Waals surface area contributed by atoms with Crippen molar-refractivity contribution in [2.24, 2.45) is 5.10 Å². The van der Waals surface area contributed by atoms with Crippen LogP contribution in [0.2, 0.25) is 0 Å². The molecule has 0 radical (unpaired) electrons. The topological polar surface area (TPSA) is 86.2 Å². The molecule has 0 saturated heterocycles. The molecule has 0 aliphatic heterocycles. The number of nitrogens with one attached hydrogen (secondary N) is 2. The first-order valence-corrected chi connectivity index (χ1v) is 6.84. The van der Waals surface area contributed by atoms with Crippen molar-refractivity contribution < 1.29 is 14.6 Å². The van der Waals surface area contributed by atoms with E-state index >= 15 is 0 Å². The number of aliphatic carboxylic acids is 1. The van der Waals surface area contributed by atoms with Gasteiger partial charge >= 0.3 is 5.97 Å². The monoisotopic (exact) mass is 314 g/mol. The SMILES string of the molecule is C=NN(CC(=O)O)Nc1ccc(Nc2ccc(OC)cc2)cc1. The molecular weight excluding hydrogens is 296 g/mol. The lowest BCUT2D eigenvalue weighted by atomic mass is 10.2. The van der Waals surface area contributed by atoms with Gasteiger partial charge in [-0.25, -0.2) is 0 Å². The zero-order valence-corrected chi connectivity index (χ0v) is 12.7. The highest BCUT2D eigenvalue weighted by atomic mass is 16.5. The number of hydrazone groups is 1. The van der Waals surface area contributed by atoms with Gasteiger partial charge in [0.15, 0.2) is 6.54 Å². The first-order valence-electron chi connectivity index (χ1n) is 6.84. The van der Waals surface area contributed by atoms with Crippen LogP contribution in [0.3, 0.4) is 0 Å². The van der Waals surface area contributed by atoms with Crippen molar-refractivity contribution in [3.8, 4) is 5.75 Å². The van der Waals surface area contributed by atoms with E-state index < -0.39 is 5.97 Å². The number of carboxylic acid groups (broad SMARTS) is 1. The second-order valence-corrected chi connectivity index (χ2v) is 4.64. The number of hydrogen-bond donors (Lipinski definition) is 3. The number of ether oxygens (including phenoxy) is 1. The highest BCUT2D eigenvalue weighted by Gasteiger charge is 2.06. The molecule has 2 aromatic rings. The van der Waals surface area contributed by atoms with Crippen LogP contribution in [-0.2, 0) is 4.79 Å². The zero-order chi connectivity index (χ0) is 16.7. The Labute approximate surface area is 134 Å². The number of anilines is 3. The highest BCUT2D eigenvalue weighted by molar-refractivity contribution is 5.69. The molecule has 0 heterocycles. The molecule has 0 aliphatic carbocycles. The van der Waals surface area contributed by atoms with E-state index in [0.717, 1.165) is 22.2 Å². The first-order chi connectivity index (χ1) is 11.1. The van der Waals surface area contributed by atoms with Crippen molar-refractivity contribution in [2.75, 3.05) is 24.4 Å². The summed E-state index contributed by atoms with van der Waals surface area (Å²) in [6, 6.07) is 14.9. The van der Waals surface area contributed by atoms with E-state index in [4.69, 9.17) is 9.84 Å². The van der Waals surface area contributed by atoms with Gasteiger partial charge in [-0.3, -0.25) is 10.2 Å². The minimum Gasteiger partial charge on any atom is -0.497 e. The molecule has 0 unspecified atom stereocenters. The third-order valence-corrected chi connectivity index (χ3v) is 2.98. The summed E-state index contributed by atoms with van der Waals surface area (Å²) in [5.74, 6) is -0.201. The van der Waals surface area contributed by atoms with E-state index in [2.05, 4.69) is 22.6 Å². The minimum atomic E-state index is -0.998. The molecule has 3 N–H and O–H groups in total. The fourth-order valence-electron chi connectivity index (χ4n) is 1.87. The van der Waals surface area contributed by atoms with Crippen molar-refractivity contribution in [1.82, 2.24) is 5.12 Å². The molecule has 2 rings (SSSR count). The number of hydrazine groups is 1. The summed E-state index contributed by atoms with van der Waals surface area (Å²) in [6.07, 6.45) is 0. The molecule has 2 aromatic carbocycles. The van der Waals surface area contributed by atoms with E-state index in [-0.39, 0.29) is 6.54 Å². The summed E-state index contributed by atoms with van der Waals surface area (Å²) in [5.41, 5.74) is 5.39. The molecule has 0 fully saturated rings. The maximum atomic E-state index is 10.7. The fraction of sp³-hybridized carbons (Fsp3) is 0.125. The molecule has 7 nitrogen and oxygen atoms in total. The molecule has 0 spiro atoms. The lowest BCUT2D eigenvalue weighted by molar-refractivity contribution is -0.137. The van der Waals surface area contributed by atoms with Gasteiger partial charge in [0.25, 0.3) is 0 Å². The zero-order valence-electron chi connectivity index (χ0n) is 12.7. The second-order valence-electron chi connectivity index (χ2n) is 4.64. The van der Waals surface area contributed by atoms with Crippen LogP contribution < -0.4 is 15.5 Å². The highest BCUT2D eigenvalue weighted by Crippen LogP contribution is 2.21. The van der Waals surface area contributed by atoms with Crippen molar-refractivity contribution in [2.45, 2.75) is 0 Å². The number of carboxylic acids is 1. The van der Waals surface area contributed by atoms with Gasteiger partial charge in [-0.05, 0) is 48.5 Å². The molecule has 7 heteroatoms. The van der Waals surface area contributed by atoms with Crippen LogP contribution in [-0.4, -0.2) is 36.6 Å². The Morgan fingerprint density at radius 1 is 1.13 bits per heavy atom. The molecule has 0 saturated carbocycles. The van der Waals surface area contributed by atoms with Crippen molar-refractivity contribution in [3.63, 3.8) is 0 Å². The number of rotatable bonds is 8. The van der Waals surface area contributed by atoms with Crippen LogP contribution in [0.15, 0.2) is 53.6 Å². The maximum absolute atomic E-state index is 10.7. The van der Waals surface area contributed by atoms with Crippen LogP contribution in [0.5, 0.6) is 5.75 Å². The number of nitrogens with zero attached hydrogens (tertiary/aromatic N) is 2. The Bertz CT molecular complexity index is 656. The van der Waals surface area contributed by atoms with Crippen LogP contribution >= 0.6 is 0 Å². The predicted molar refractivity (Wildman–Crippen MR) is 90.2 cm³/mol. The largest absolute Gasteiger partial charge is 0.497 e. The summed E-state index contributed by atoms with van der Waals surface area (Å²) < 4.78 is 5.11. The van der Waals surface area contributed by atoms with Gasteiger partial charge in [-0.1, -0.05) is 0 Å². The number of benzene rings is 2. The quantitative estimate of drug-likeness (QED) is 0.513. The summed E-state index contributed by atoms with van der Waals surface area (Å²) in [6.45, 7) is 3.04. The molecule has 120 valence electrons. The molecule has 0 aliphatic rings. The molecule has 0 aromatic heterocycles. The van der Waals surface area contributed by atoms with E-state index in [1.54, 1.807) is 7.11 Å². The van der Waals surface area contributed by atoms with Gasteiger partial charge in [-0.2, -0.15) is 10.2 Å². The third-order valence-electron chi connectivity index (χ3n) is 2.98. The van der Waals surface area contributed by atoms with Crippen LogP contribution in [0.4, 0.5) is 17.1 Å². The van der Waals surface area contributed by atoms with Gasteiger partial charge in [0.1, 0.15) is 5.75 Å². The minimum absolute atomic E-state index is 0.282. The van der Waals surface area contributed by atoms with E-state index in [0.29, 0.717) is 5.69 Å². The summed E-state index contributed by atoms with van der Waals surface area (Å²) in [7, 11) is 1.62. The number of methoxy groups -OCH3 is 1. The van der Waals surface area contributed by atoms with Crippen LogP contribution in [0.1, 0.15) is 0 Å². The van der Waals surface area contributed by atoms with Gasteiger partial charge in [0, 0.05) is 18.1 Å². The molecular formula is C16H18N4O3. The summed E-state index contributed by atoms with van der Waals surface area (Å²) in [5, 5.41) is 16.7. The lowest BCUT2D eigenvalue weighted by Gasteiger charge is -2.18. The average Bonchev–Trinajstić information content (AvgIpc) is 2.56. The Hall–Kier alpha value is -3.22. The van der Waals surface area contributed by atoms with Crippen molar-refractivity contribution in [1.29, 1.82) is 0 Å². The Kier molecular flexibility index (Phi) is 5.40. The molecule has 0 amide bonds. The Morgan fingerprint density at radius 3 is 2.13 bits per heavy atom. The van der Waals surface area contributed by atoms with Gasteiger partial charge in [-0.15, -0.1) is 0 Å². The number of carbonyl (C=O) groups is 1. The summed E-state index contributed by atoms with van der Waals surface area (Å²) >= 11 is 0. The fourth-order valence-corrected chi connectivity index (χ4v) is 1.87. The van der Waals surface area contributed by atoms with Crippen molar-refractivity contribution >= 4 is 29.7 Å². The van der Waals surface area contributed by atoms with E-state index in [9.17, 15) is 4.79 Å². The molecule has 0 atom stereocenters. The van der Waals surface area contributed by atoms with E-state index in [1.165, 1.54) is 0 Å². The third kappa shape index (κ3) is 4.92. The van der Waals surface area contributed by atoms with Crippen molar-refractivity contribution in [3.05, 3.63) is 48.5 Å². The Balaban J connectivity index is 1.98. The average molecular weight is 314 g/mol. The van der Waals surface area contributed by atoms with Gasteiger partial charge in [0.05, 0.1) is 12.8 Å². The smallest absolute Gasteiger partial charge is 0.327 e. The lowest BCUT2D eigenvalue weighted by Crippen LogP contribution is -2.29. The van der Waals surface area contributed by atoms with Crippen LogP contribution in [0, 0.1) is 0 Å². The molecule has 23 heavy (non-hydrogen) atoms. The van der Waals surface area contributed by atoms with Crippen LogP contribution in [0.25, 0.3) is 0 Å². The maximum Gasteiger partial charge on any atom is 0.327 e. The normalized spacial score (nSPS) is 9.78. The van der Waals surface area contributed by atoms with E-state index in [1.807, 2.05) is 48.5 Å². The van der Waals surface area contributed by atoms with Gasteiger partial charge in [0.2, 0.25) is 0 Å². The van der Waals surface area contributed by atoms with Gasteiger partial charge < -0.3 is 15.2 Å². The Morgan fingerprint density at radius 2 is 1.65 bits per heavy atom. The molecule has 0 bridgehead atoms. The summed E-state index contributed by atoms with van der Waals surface area (Å²) in [4.78, 5) is 10.7. The number of hydrogen-bond acceptors (Lipinski definition) is 6. The second kappa shape index (κ2) is 7.69. The standard InChI is InChI=1S/C16H18N4O3/c1-17-20(11-16(21)22)19-14-5-3-12(4-6-14)18-13-7-9-15(23-2)10-8-13/h3-10,18-19H,1,11H2,2H3,(H,21,22).